The molecule has 2 aromatic heterocycles. The number of thioether (sulfide) groups is 1. The largest absolute Gasteiger partial charge is 0.493 e. The topological polar surface area (TPSA) is 104 Å². The van der Waals surface area contributed by atoms with E-state index in [2.05, 4.69) is 15.3 Å². The molecule has 0 unspecified atom stereocenters. The molecule has 0 spiro atoms. The Hall–Kier alpha value is -3.47. The van der Waals surface area contributed by atoms with Crippen LogP contribution < -0.4 is 24.4 Å². The number of amides is 1. The lowest BCUT2D eigenvalue weighted by Gasteiger charge is -2.28. The van der Waals surface area contributed by atoms with E-state index in [-0.39, 0.29) is 5.91 Å². The van der Waals surface area contributed by atoms with Gasteiger partial charge in [-0.1, -0.05) is 11.8 Å². The zero-order valence-electron chi connectivity index (χ0n) is 21.1. The number of methoxy groups -OCH3 is 3. The molecule has 4 rings (SSSR count). The third kappa shape index (κ3) is 5.67. The third-order valence-electron chi connectivity index (χ3n) is 6.03. The van der Waals surface area contributed by atoms with Crippen molar-refractivity contribution in [3.05, 3.63) is 30.0 Å². The zero-order chi connectivity index (χ0) is 25.5. The molecular formula is C25H32N6O4S. The third-order valence-corrected chi connectivity index (χ3v) is 6.58. The number of carbonyl (C=O) groups excluding carboxylic acids is 1. The van der Waals surface area contributed by atoms with Crippen LogP contribution in [0, 0.1) is 0 Å². The van der Waals surface area contributed by atoms with Crippen molar-refractivity contribution in [2.45, 2.75) is 31.0 Å². The van der Waals surface area contributed by atoms with Crippen molar-refractivity contribution in [3.8, 4) is 17.2 Å². The molecule has 36 heavy (non-hydrogen) atoms. The van der Waals surface area contributed by atoms with Gasteiger partial charge in [0.25, 0.3) is 0 Å². The second kappa shape index (κ2) is 12.0. The van der Waals surface area contributed by atoms with E-state index < -0.39 is 0 Å². The van der Waals surface area contributed by atoms with Crippen LogP contribution in [-0.2, 0) is 11.3 Å². The number of aromatic nitrogens is 4. The Balaban J connectivity index is 1.42. The minimum Gasteiger partial charge on any atom is -0.493 e. The quantitative estimate of drug-likeness (QED) is 0.249. The molecule has 0 saturated carbocycles. The molecule has 0 radical (unpaired) electrons. The van der Waals surface area contributed by atoms with Gasteiger partial charge < -0.3 is 24.4 Å². The van der Waals surface area contributed by atoms with Crippen molar-refractivity contribution >= 4 is 40.6 Å². The molecule has 1 amide bonds. The van der Waals surface area contributed by atoms with Crippen LogP contribution in [0.1, 0.15) is 24.8 Å². The number of piperidine rings is 1. The Morgan fingerprint density at radius 1 is 1.08 bits per heavy atom. The number of hydrogen-bond acceptors (Lipinski definition) is 9. The summed E-state index contributed by atoms with van der Waals surface area (Å²) in [5, 5.41) is 9.12. The van der Waals surface area contributed by atoms with Crippen LogP contribution in [0.3, 0.4) is 0 Å². The molecule has 3 aromatic rings. The highest BCUT2D eigenvalue weighted by Gasteiger charge is 2.19. The molecule has 1 fully saturated rings. The van der Waals surface area contributed by atoms with Crippen LogP contribution in [0.4, 0.5) is 5.82 Å². The molecule has 1 N–H and O–H groups in total. The summed E-state index contributed by atoms with van der Waals surface area (Å²) < 4.78 is 17.9. The fourth-order valence-electron chi connectivity index (χ4n) is 4.24. The number of ether oxygens (including phenoxy) is 3. The van der Waals surface area contributed by atoms with Gasteiger partial charge in [-0.15, -0.1) is 0 Å². The van der Waals surface area contributed by atoms with Crippen molar-refractivity contribution in [1.82, 2.24) is 25.1 Å². The average Bonchev–Trinajstić information content (AvgIpc) is 3.33. The predicted molar refractivity (Wildman–Crippen MR) is 141 cm³/mol. The average molecular weight is 513 g/mol. The fourth-order valence-corrected chi connectivity index (χ4v) is 4.59. The molecule has 0 atom stereocenters. The normalized spacial score (nSPS) is 13.8. The number of rotatable bonds is 10. The van der Waals surface area contributed by atoms with Gasteiger partial charge in [0.2, 0.25) is 11.7 Å². The van der Waals surface area contributed by atoms with E-state index in [4.69, 9.17) is 24.2 Å². The van der Waals surface area contributed by atoms with Gasteiger partial charge in [0.15, 0.2) is 22.3 Å². The van der Waals surface area contributed by atoms with Crippen molar-refractivity contribution in [1.29, 1.82) is 0 Å². The van der Waals surface area contributed by atoms with Gasteiger partial charge in [0.1, 0.15) is 5.82 Å². The van der Waals surface area contributed by atoms with Gasteiger partial charge in [-0.3, -0.25) is 4.79 Å². The Morgan fingerprint density at radius 2 is 1.81 bits per heavy atom. The van der Waals surface area contributed by atoms with Crippen LogP contribution in [0.5, 0.6) is 17.2 Å². The fraction of sp³-hybridized carbons (Fsp3) is 0.440. The Kier molecular flexibility index (Phi) is 8.52. The maximum atomic E-state index is 12.5. The van der Waals surface area contributed by atoms with E-state index in [0.717, 1.165) is 40.7 Å². The number of fused-ring (bicyclic) bond motifs is 1. The van der Waals surface area contributed by atoms with Crippen LogP contribution in [0.15, 0.2) is 29.6 Å². The highest BCUT2D eigenvalue weighted by molar-refractivity contribution is 7.98. The monoisotopic (exact) mass is 512 g/mol. The minimum absolute atomic E-state index is 0.214. The van der Waals surface area contributed by atoms with Gasteiger partial charge in [-0.25, -0.2) is 14.6 Å². The number of nitrogens with one attached hydrogen (secondary N) is 1. The van der Waals surface area contributed by atoms with Gasteiger partial charge in [0, 0.05) is 25.7 Å². The lowest BCUT2D eigenvalue weighted by atomic mass is 10.1. The molecule has 11 heteroatoms. The lowest BCUT2D eigenvalue weighted by molar-refractivity contribution is -0.116. The molecule has 1 aliphatic heterocycles. The number of anilines is 1. The van der Waals surface area contributed by atoms with Crippen LogP contribution in [0.25, 0.3) is 17.1 Å². The molecular weight excluding hydrogens is 480 g/mol. The number of nitrogens with zero attached hydrogens (tertiary/aromatic N) is 5. The van der Waals surface area contributed by atoms with Gasteiger partial charge in [-0.05, 0) is 49.3 Å². The Labute approximate surface area is 215 Å². The summed E-state index contributed by atoms with van der Waals surface area (Å²) in [5.41, 5.74) is 1.54. The molecule has 0 bridgehead atoms. The molecule has 192 valence electrons. The van der Waals surface area contributed by atoms with Crippen LogP contribution in [-0.4, -0.2) is 72.9 Å². The van der Waals surface area contributed by atoms with E-state index in [9.17, 15) is 4.79 Å². The first-order chi connectivity index (χ1) is 17.6. The van der Waals surface area contributed by atoms with Crippen molar-refractivity contribution in [2.75, 3.05) is 52.1 Å². The van der Waals surface area contributed by atoms with Crippen molar-refractivity contribution in [3.63, 3.8) is 0 Å². The van der Waals surface area contributed by atoms with Crippen LogP contribution in [0.2, 0.25) is 0 Å². The zero-order valence-corrected chi connectivity index (χ0v) is 21.9. The molecule has 10 nitrogen and oxygen atoms in total. The van der Waals surface area contributed by atoms with E-state index in [1.54, 1.807) is 39.5 Å². The Morgan fingerprint density at radius 3 is 2.44 bits per heavy atom. The molecule has 1 saturated heterocycles. The maximum absolute atomic E-state index is 12.5. The molecule has 3 heterocycles. The SMILES string of the molecule is COc1cc(/C=C\C(=O)NCCn2ncc3c(N4CCCCC4)nc(SC)nc32)cc(OC)c1OC. The number of hydrogen-bond donors (Lipinski definition) is 1. The first kappa shape index (κ1) is 25.6. The summed E-state index contributed by atoms with van der Waals surface area (Å²) >= 11 is 1.52. The summed E-state index contributed by atoms with van der Waals surface area (Å²) in [6, 6.07) is 3.56. The van der Waals surface area contributed by atoms with E-state index in [0.29, 0.717) is 30.3 Å². The molecule has 1 aromatic carbocycles. The van der Waals surface area contributed by atoms with Crippen molar-refractivity contribution < 1.29 is 19.0 Å². The van der Waals surface area contributed by atoms with Gasteiger partial charge in [-0.2, -0.15) is 5.10 Å². The van der Waals surface area contributed by atoms with Crippen LogP contribution >= 0.6 is 11.8 Å². The molecule has 0 aliphatic carbocycles. The highest BCUT2D eigenvalue weighted by Crippen LogP contribution is 2.38. The first-order valence-electron chi connectivity index (χ1n) is 11.9. The lowest BCUT2D eigenvalue weighted by Crippen LogP contribution is -2.30. The van der Waals surface area contributed by atoms with E-state index in [1.807, 2.05) is 17.1 Å². The van der Waals surface area contributed by atoms with E-state index >= 15 is 0 Å². The van der Waals surface area contributed by atoms with Crippen molar-refractivity contribution in [2.24, 2.45) is 0 Å². The Bertz CT molecular complexity index is 1210. The summed E-state index contributed by atoms with van der Waals surface area (Å²) in [6.07, 6.45) is 10.6. The predicted octanol–water partition coefficient (Wildman–Crippen LogP) is 3.39. The second-order valence-corrected chi connectivity index (χ2v) is 9.04. The van der Waals surface area contributed by atoms with E-state index in [1.165, 1.54) is 37.1 Å². The highest BCUT2D eigenvalue weighted by atomic mass is 32.2. The summed E-state index contributed by atoms with van der Waals surface area (Å²) in [5.74, 6) is 2.29. The summed E-state index contributed by atoms with van der Waals surface area (Å²) in [7, 11) is 4.66. The summed E-state index contributed by atoms with van der Waals surface area (Å²) in [6.45, 7) is 2.91. The summed E-state index contributed by atoms with van der Waals surface area (Å²) in [4.78, 5) is 24.2. The first-order valence-corrected chi connectivity index (χ1v) is 13.1. The second-order valence-electron chi connectivity index (χ2n) is 8.27. The van der Waals surface area contributed by atoms with Gasteiger partial charge in [0.05, 0.1) is 39.5 Å². The van der Waals surface area contributed by atoms with Gasteiger partial charge >= 0.3 is 0 Å². The molecule has 1 aliphatic rings. The standard InChI is InChI=1S/C25H32N6O4S/c1-33-19-14-17(15-20(34-2)22(19)35-3)8-9-21(32)26-10-13-31-24-18(16-27-31)23(28-25(29-24)36-4)30-11-6-5-7-12-30/h8-9,14-16H,5-7,10-13H2,1-4H3,(H,26,32)/b9-8-. The maximum Gasteiger partial charge on any atom is 0.244 e. The number of carbonyl (C=O) groups is 1. The minimum atomic E-state index is -0.214. The number of benzene rings is 1. The smallest absolute Gasteiger partial charge is 0.244 e.